The molecule has 0 spiro atoms. The van der Waals surface area contributed by atoms with Crippen molar-refractivity contribution in [2.24, 2.45) is 35.5 Å². The van der Waals surface area contributed by atoms with Crippen molar-refractivity contribution < 1.29 is 103 Å². The standard InChI is InChI=1S/C77H132O21/c1-44-23-28-56(78)35-59-19-17-22-62(95-59)42-72(91-16)51(8)69(83)43-70(84)52(9)75(54(11)74(86)45(2)26-30-63-39-65(88-13)33-48(5)93-63)98-77(87)46(3)25-29-57(79)36-60-20-18-21-61(96-60)41-71(90-15)50(7)67(81)37-58(80)38-68(82)53(10)76(97-73(85)32-24-44)55(12)92-47(4)27-31-64-40-66(89-14)34-49(6)94-64/h17-20,23-25,32,45,47-72,74-76,78-84,86H,21-22,26-31,33-43H2,1-16H3/b32-24+,44-23+,46-25+. The van der Waals surface area contributed by atoms with Gasteiger partial charge in [-0.25, -0.2) is 9.59 Å². The van der Waals surface area contributed by atoms with E-state index in [1.807, 2.05) is 85.8 Å². The number of allylic oxidation sites excluding steroid dienone is 2. The number of fused-ring (bicyclic) bond motifs is 4. The SMILES string of the molecule is COC1CC(C)OC(CCC(C)OC(C)C2OC(=O)/C=C/C(C)=C/CC(O)CC3C=CCC(CC(OC)C(C)C(O)CC(O)C(C)C(C(C)C(O)C(C)CCC4CC(OC)CC(C)O4)OC(=O)/C(C)=C/CC(O)CC4C=CCC(CC(OC)C(C)C(O)CC(O)CC(O)C2C)O4)O3)C1. The van der Waals surface area contributed by atoms with Gasteiger partial charge in [0.05, 0.1) is 134 Å². The molecule has 4 bridgehead atoms. The van der Waals surface area contributed by atoms with Gasteiger partial charge in [0.1, 0.15) is 12.2 Å². The minimum Gasteiger partial charge on any atom is -0.458 e. The number of methoxy groups -OCH3 is 4. The van der Waals surface area contributed by atoms with Gasteiger partial charge in [-0.15, -0.1) is 0 Å². The monoisotopic (exact) mass is 1390 g/mol. The van der Waals surface area contributed by atoms with Gasteiger partial charge in [0.2, 0.25) is 0 Å². The highest BCUT2D eigenvalue weighted by atomic mass is 16.6. The Kier molecular flexibility index (Phi) is 37.8. The molecule has 30 unspecified atom stereocenters. The van der Waals surface area contributed by atoms with Gasteiger partial charge in [-0.05, 0) is 144 Å². The van der Waals surface area contributed by atoms with Crippen molar-refractivity contribution in [3.63, 3.8) is 0 Å². The number of aliphatic hydroxyl groups is 8. The number of ether oxygens (including phenoxy) is 11. The van der Waals surface area contributed by atoms with Gasteiger partial charge < -0.3 is 93.0 Å². The molecule has 5 rings (SSSR count). The molecule has 0 amide bonds. The van der Waals surface area contributed by atoms with Gasteiger partial charge in [-0.3, -0.25) is 0 Å². The van der Waals surface area contributed by atoms with E-state index in [0.29, 0.717) is 50.5 Å². The Morgan fingerprint density at radius 2 is 0.969 bits per heavy atom. The smallest absolute Gasteiger partial charge is 0.333 e. The van der Waals surface area contributed by atoms with E-state index in [0.717, 1.165) is 32.1 Å². The Labute approximate surface area is 587 Å². The van der Waals surface area contributed by atoms with Crippen molar-refractivity contribution in [3.05, 3.63) is 59.8 Å². The lowest BCUT2D eigenvalue weighted by molar-refractivity contribution is -0.165. The van der Waals surface area contributed by atoms with Crippen molar-refractivity contribution in [1.29, 1.82) is 0 Å². The van der Waals surface area contributed by atoms with E-state index >= 15 is 0 Å². The fraction of sp³-hybridized carbons (Fsp3) is 0.844. The average molecular weight is 1390 g/mol. The highest BCUT2D eigenvalue weighted by Crippen LogP contribution is 2.36. The zero-order valence-corrected chi connectivity index (χ0v) is 62.3. The van der Waals surface area contributed by atoms with Crippen LogP contribution in [0.15, 0.2) is 59.8 Å². The fourth-order valence-corrected chi connectivity index (χ4v) is 15.1. The highest BCUT2D eigenvalue weighted by molar-refractivity contribution is 5.87. The van der Waals surface area contributed by atoms with Crippen LogP contribution in [0, 0.1) is 35.5 Å². The first-order chi connectivity index (χ1) is 46.4. The summed E-state index contributed by atoms with van der Waals surface area (Å²) in [5.41, 5.74) is 0.928. The Morgan fingerprint density at radius 1 is 0.500 bits per heavy atom. The lowest BCUT2D eigenvalue weighted by Crippen LogP contribution is -2.46. The van der Waals surface area contributed by atoms with Crippen LogP contribution >= 0.6 is 0 Å². The summed E-state index contributed by atoms with van der Waals surface area (Å²) >= 11 is 0. The topological polar surface area (TPSA) is 298 Å². The molecule has 5 aliphatic heterocycles. The number of cyclic esters (lactones) is 2. The predicted octanol–water partition coefficient (Wildman–Crippen LogP) is 9.46. The molecule has 5 heterocycles. The molecule has 0 radical (unpaired) electrons. The third-order valence-corrected chi connectivity index (χ3v) is 21.8. The van der Waals surface area contributed by atoms with Crippen molar-refractivity contribution in [3.8, 4) is 0 Å². The molecule has 5 aliphatic rings. The molecule has 0 aromatic rings. The Morgan fingerprint density at radius 3 is 1.48 bits per heavy atom. The molecule has 21 heteroatoms. The summed E-state index contributed by atoms with van der Waals surface area (Å²) in [6.07, 6.45) is 9.13. The maximum Gasteiger partial charge on any atom is 0.333 e. The van der Waals surface area contributed by atoms with Crippen LogP contribution in [0.4, 0.5) is 0 Å². The summed E-state index contributed by atoms with van der Waals surface area (Å²) in [7, 11) is 6.57. The van der Waals surface area contributed by atoms with E-state index in [-0.39, 0.29) is 111 Å². The van der Waals surface area contributed by atoms with Crippen molar-refractivity contribution in [2.75, 3.05) is 28.4 Å². The third-order valence-electron chi connectivity index (χ3n) is 21.8. The van der Waals surface area contributed by atoms with Crippen molar-refractivity contribution >= 4 is 11.9 Å². The summed E-state index contributed by atoms with van der Waals surface area (Å²) < 4.78 is 67.8. The first-order valence-corrected chi connectivity index (χ1v) is 37.0. The molecular weight excluding hydrogens is 1260 g/mol. The lowest BCUT2D eigenvalue weighted by atomic mass is 9.78. The molecule has 0 aromatic carbocycles. The van der Waals surface area contributed by atoms with Gasteiger partial charge in [0.15, 0.2) is 0 Å². The molecule has 0 aromatic heterocycles. The molecule has 0 saturated carbocycles. The van der Waals surface area contributed by atoms with Crippen LogP contribution < -0.4 is 0 Å². The second-order valence-electron chi connectivity index (χ2n) is 30.1. The van der Waals surface area contributed by atoms with Crippen LogP contribution in [-0.2, 0) is 61.7 Å². The molecule has 566 valence electrons. The summed E-state index contributed by atoms with van der Waals surface area (Å²) in [6, 6.07) is 0. The zero-order valence-electron chi connectivity index (χ0n) is 62.3. The van der Waals surface area contributed by atoms with Crippen LogP contribution in [0.5, 0.6) is 0 Å². The number of carbonyl (C=O) groups is 2. The minimum absolute atomic E-state index is 0.00104. The number of hydrogen-bond donors (Lipinski definition) is 8. The molecule has 2 saturated heterocycles. The number of carbonyl (C=O) groups excluding carboxylic acids is 2. The van der Waals surface area contributed by atoms with Gasteiger partial charge in [0, 0.05) is 95.4 Å². The largest absolute Gasteiger partial charge is 0.458 e. The third kappa shape index (κ3) is 28.5. The number of rotatable bonds is 16. The zero-order chi connectivity index (χ0) is 72.5. The molecule has 21 nitrogen and oxygen atoms in total. The van der Waals surface area contributed by atoms with Crippen molar-refractivity contribution in [1.82, 2.24) is 0 Å². The van der Waals surface area contributed by atoms with Crippen LogP contribution in [0.3, 0.4) is 0 Å². The molecule has 30 atom stereocenters. The number of esters is 2. The van der Waals surface area contributed by atoms with Crippen LogP contribution in [0.2, 0.25) is 0 Å². The van der Waals surface area contributed by atoms with Crippen molar-refractivity contribution in [2.45, 2.75) is 352 Å². The second kappa shape index (κ2) is 43.3. The molecule has 2 fully saturated rings. The maximum absolute atomic E-state index is 14.2. The average Bonchev–Trinajstić information content (AvgIpc) is 0.846. The van der Waals surface area contributed by atoms with E-state index < -0.39 is 133 Å². The highest BCUT2D eigenvalue weighted by Gasteiger charge is 2.42. The van der Waals surface area contributed by atoms with E-state index in [9.17, 15) is 50.4 Å². The first kappa shape index (κ1) is 85.6. The van der Waals surface area contributed by atoms with E-state index in [4.69, 9.17) is 52.1 Å². The molecular formula is C77H132O21. The number of hydrogen-bond acceptors (Lipinski definition) is 21. The summed E-state index contributed by atoms with van der Waals surface area (Å²) in [5.74, 6) is -4.68. The van der Waals surface area contributed by atoms with Crippen LogP contribution in [0.25, 0.3) is 0 Å². The fourth-order valence-electron chi connectivity index (χ4n) is 15.1. The second-order valence-corrected chi connectivity index (χ2v) is 30.1. The molecule has 98 heavy (non-hydrogen) atoms. The predicted molar refractivity (Wildman–Crippen MR) is 375 cm³/mol. The summed E-state index contributed by atoms with van der Waals surface area (Å²) in [4.78, 5) is 28.0. The van der Waals surface area contributed by atoms with E-state index in [2.05, 4.69) is 0 Å². The maximum atomic E-state index is 14.2. The quantitative estimate of drug-likeness (QED) is 0.0527. The Bertz CT molecular complexity index is 2440. The van der Waals surface area contributed by atoms with Gasteiger partial charge >= 0.3 is 11.9 Å². The lowest BCUT2D eigenvalue weighted by Gasteiger charge is -2.38. The Balaban J connectivity index is 1.35. The minimum atomic E-state index is -1.18. The molecule has 0 aliphatic carbocycles. The molecule has 8 N–H and O–H groups in total. The summed E-state index contributed by atoms with van der Waals surface area (Å²) in [5, 5.41) is 93.7. The summed E-state index contributed by atoms with van der Waals surface area (Å²) in [6.45, 7) is 22.2. The van der Waals surface area contributed by atoms with Gasteiger partial charge in [0.25, 0.3) is 0 Å². The van der Waals surface area contributed by atoms with Gasteiger partial charge in [-0.1, -0.05) is 89.6 Å². The van der Waals surface area contributed by atoms with E-state index in [1.54, 1.807) is 68.3 Å². The van der Waals surface area contributed by atoms with Gasteiger partial charge in [-0.2, -0.15) is 0 Å². The van der Waals surface area contributed by atoms with Crippen LogP contribution in [-0.4, -0.2) is 228 Å². The van der Waals surface area contributed by atoms with Crippen LogP contribution in [0.1, 0.15) is 205 Å². The first-order valence-electron chi connectivity index (χ1n) is 37.0. The normalized spacial score (nSPS) is 41.3. The number of aliphatic hydroxyl groups excluding tert-OH is 8. The van der Waals surface area contributed by atoms with E-state index in [1.165, 1.54) is 6.08 Å². The Hall–Kier alpha value is -3.04.